The van der Waals surface area contributed by atoms with Gasteiger partial charge in [-0.25, -0.2) is 9.18 Å². The predicted octanol–water partition coefficient (Wildman–Crippen LogP) is 4.57. The Hall–Kier alpha value is -1.78. The second-order valence-corrected chi connectivity index (χ2v) is 4.53. The van der Waals surface area contributed by atoms with Crippen LogP contribution < -0.4 is 5.32 Å². The molecule has 0 atom stereocenters. The predicted molar refractivity (Wildman–Crippen MR) is 73.1 cm³/mol. The molecule has 0 aliphatic carbocycles. The lowest BCUT2D eigenvalue weighted by atomic mass is 10.1. The number of hydrogen-bond acceptors (Lipinski definition) is 2. The molecule has 0 spiro atoms. The summed E-state index contributed by atoms with van der Waals surface area (Å²) in [5.74, 6) is -1.65. The Morgan fingerprint density at radius 2 is 1.74 bits per heavy atom. The van der Waals surface area contributed by atoms with Gasteiger partial charge in [0.25, 0.3) is 0 Å². The Morgan fingerprint density at radius 3 is 2.32 bits per heavy atom. The van der Waals surface area contributed by atoms with Gasteiger partial charge in [-0.05, 0) is 24.3 Å². The lowest BCUT2D eigenvalue weighted by molar-refractivity contribution is 0.0698. The molecule has 0 bridgehead atoms. The monoisotopic (exact) mass is 299 g/mol. The number of halogens is 3. The molecule has 0 aromatic heterocycles. The molecule has 2 aromatic carbocycles. The maximum atomic E-state index is 13.1. The highest BCUT2D eigenvalue weighted by Gasteiger charge is 2.13. The van der Waals surface area contributed by atoms with E-state index in [1.54, 1.807) is 18.2 Å². The van der Waals surface area contributed by atoms with Gasteiger partial charge in [-0.3, -0.25) is 0 Å². The van der Waals surface area contributed by atoms with Gasteiger partial charge >= 0.3 is 5.97 Å². The van der Waals surface area contributed by atoms with Crippen LogP contribution in [0.25, 0.3) is 0 Å². The molecule has 0 unspecified atom stereocenters. The van der Waals surface area contributed by atoms with E-state index in [0.717, 1.165) is 12.1 Å². The van der Waals surface area contributed by atoms with Crippen molar-refractivity contribution in [1.82, 2.24) is 0 Å². The molecule has 2 aromatic rings. The quantitative estimate of drug-likeness (QED) is 0.872. The molecule has 0 aliphatic heterocycles. The van der Waals surface area contributed by atoms with E-state index in [4.69, 9.17) is 28.3 Å². The number of carboxylic acids is 1. The zero-order valence-electron chi connectivity index (χ0n) is 9.45. The van der Waals surface area contributed by atoms with E-state index in [2.05, 4.69) is 5.32 Å². The molecular weight excluding hydrogens is 292 g/mol. The second-order valence-electron chi connectivity index (χ2n) is 3.72. The number of anilines is 2. The maximum absolute atomic E-state index is 13.1. The van der Waals surface area contributed by atoms with E-state index >= 15 is 0 Å². The number of rotatable bonds is 3. The summed E-state index contributed by atoms with van der Waals surface area (Å²) in [6.45, 7) is 0. The third-order valence-electron chi connectivity index (χ3n) is 2.42. The average Bonchev–Trinajstić information content (AvgIpc) is 2.34. The third kappa shape index (κ3) is 2.97. The minimum Gasteiger partial charge on any atom is -0.478 e. The van der Waals surface area contributed by atoms with Crippen LogP contribution in [0, 0.1) is 5.82 Å². The van der Waals surface area contributed by atoms with Gasteiger partial charge in [0.05, 0.1) is 27.0 Å². The van der Waals surface area contributed by atoms with E-state index in [-0.39, 0.29) is 21.3 Å². The van der Waals surface area contributed by atoms with Crippen LogP contribution in [0.4, 0.5) is 15.8 Å². The van der Waals surface area contributed by atoms with Gasteiger partial charge in [-0.15, -0.1) is 0 Å². The van der Waals surface area contributed by atoms with Crippen molar-refractivity contribution in [2.75, 3.05) is 5.32 Å². The van der Waals surface area contributed by atoms with E-state index in [0.29, 0.717) is 5.69 Å². The summed E-state index contributed by atoms with van der Waals surface area (Å²) < 4.78 is 13.1. The van der Waals surface area contributed by atoms with Gasteiger partial charge in [0.2, 0.25) is 0 Å². The molecule has 0 aliphatic rings. The number of carboxylic acid groups (broad SMARTS) is 1. The molecule has 0 fully saturated rings. The summed E-state index contributed by atoms with van der Waals surface area (Å²) in [7, 11) is 0. The van der Waals surface area contributed by atoms with Gasteiger partial charge in [0.15, 0.2) is 0 Å². The highest BCUT2D eigenvalue weighted by Crippen LogP contribution is 2.34. The Labute approximate surface area is 118 Å². The Balaban J connectivity index is 2.45. The molecule has 98 valence electrons. The Morgan fingerprint density at radius 1 is 1.16 bits per heavy atom. The minimum absolute atomic E-state index is 0.0685. The summed E-state index contributed by atoms with van der Waals surface area (Å²) in [5.41, 5.74) is 0.655. The highest BCUT2D eigenvalue weighted by molar-refractivity contribution is 6.39. The average molecular weight is 300 g/mol. The summed E-state index contributed by atoms with van der Waals surface area (Å²) >= 11 is 11.8. The van der Waals surface area contributed by atoms with Crippen LogP contribution in [0.1, 0.15) is 10.4 Å². The molecule has 0 saturated heterocycles. The van der Waals surface area contributed by atoms with Crippen LogP contribution in [0.5, 0.6) is 0 Å². The SMILES string of the molecule is O=C(O)c1ccccc1Nc1c(Cl)cc(F)cc1Cl. The van der Waals surface area contributed by atoms with E-state index in [1.807, 2.05) is 0 Å². The van der Waals surface area contributed by atoms with E-state index in [9.17, 15) is 9.18 Å². The van der Waals surface area contributed by atoms with E-state index in [1.165, 1.54) is 6.07 Å². The number of carbonyl (C=O) groups is 1. The van der Waals surface area contributed by atoms with Gasteiger partial charge in [0, 0.05) is 0 Å². The lowest BCUT2D eigenvalue weighted by Crippen LogP contribution is -2.03. The van der Waals surface area contributed by atoms with Gasteiger partial charge < -0.3 is 10.4 Å². The zero-order chi connectivity index (χ0) is 14.0. The van der Waals surface area contributed by atoms with Crippen LogP contribution in [-0.2, 0) is 0 Å². The summed E-state index contributed by atoms with van der Waals surface area (Å²) in [5, 5.41) is 12.0. The van der Waals surface area contributed by atoms with E-state index < -0.39 is 11.8 Å². The molecule has 2 N–H and O–H groups in total. The fourth-order valence-electron chi connectivity index (χ4n) is 1.57. The first-order valence-corrected chi connectivity index (χ1v) is 5.98. The van der Waals surface area contributed by atoms with Crippen molar-refractivity contribution in [2.24, 2.45) is 0 Å². The highest BCUT2D eigenvalue weighted by atomic mass is 35.5. The normalized spacial score (nSPS) is 10.3. The smallest absolute Gasteiger partial charge is 0.337 e. The fourth-order valence-corrected chi connectivity index (χ4v) is 2.13. The fraction of sp³-hybridized carbons (Fsp3) is 0. The number of nitrogens with one attached hydrogen (secondary N) is 1. The Bertz CT molecular complexity index is 623. The molecule has 2 rings (SSSR count). The van der Waals surface area contributed by atoms with Crippen molar-refractivity contribution in [1.29, 1.82) is 0 Å². The zero-order valence-corrected chi connectivity index (χ0v) is 11.0. The topological polar surface area (TPSA) is 49.3 Å². The summed E-state index contributed by atoms with van der Waals surface area (Å²) in [6.07, 6.45) is 0. The minimum atomic E-state index is -1.09. The van der Waals surface area contributed by atoms with Crippen molar-refractivity contribution >= 4 is 40.5 Å². The van der Waals surface area contributed by atoms with Crippen LogP contribution in [0.15, 0.2) is 36.4 Å². The number of para-hydroxylation sites is 1. The first-order chi connectivity index (χ1) is 8.99. The van der Waals surface area contributed by atoms with Crippen LogP contribution in [-0.4, -0.2) is 11.1 Å². The molecule has 19 heavy (non-hydrogen) atoms. The molecule has 0 heterocycles. The largest absolute Gasteiger partial charge is 0.478 e. The third-order valence-corrected chi connectivity index (χ3v) is 3.02. The molecule has 3 nitrogen and oxygen atoms in total. The number of aromatic carboxylic acids is 1. The van der Waals surface area contributed by atoms with Crippen molar-refractivity contribution in [3.8, 4) is 0 Å². The van der Waals surface area contributed by atoms with Crippen molar-refractivity contribution < 1.29 is 14.3 Å². The molecular formula is C13H8Cl2FNO2. The van der Waals surface area contributed by atoms with Crippen LogP contribution >= 0.6 is 23.2 Å². The standard InChI is InChI=1S/C13H8Cl2FNO2/c14-9-5-7(16)6-10(15)12(9)17-11-4-2-1-3-8(11)13(18)19/h1-6,17H,(H,18,19). The van der Waals surface area contributed by atoms with Crippen molar-refractivity contribution in [3.05, 3.63) is 57.8 Å². The molecule has 0 radical (unpaired) electrons. The first kappa shape index (κ1) is 13.6. The van der Waals surface area contributed by atoms with Gasteiger partial charge in [-0.1, -0.05) is 35.3 Å². The van der Waals surface area contributed by atoms with Crippen LogP contribution in [0.2, 0.25) is 10.0 Å². The Kier molecular flexibility index (Phi) is 3.93. The van der Waals surface area contributed by atoms with Crippen molar-refractivity contribution in [3.63, 3.8) is 0 Å². The first-order valence-electron chi connectivity index (χ1n) is 5.23. The van der Waals surface area contributed by atoms with Gasteiger partial charge in [0.1, 0.15) is 5.82 Å². The molecule has 0 amide bonds. The summed E-state index contributed by atoms with van der Waals surface area (Å²) in [6, 6.07) is 8.47. The van der Waals surface area contributed by atoms with Gasteiger partial charge in [-0.2, -0.15) is 0 Å². The second kappa shape index (κ2) is 5.47. The van der Waals surface area contributed by atoms with Crippen LogP contribution in [0.3, 0.4) is 0 Å². The summed E-state index contributed by atoms with van der Waals surface area (Å²) in [4.78, 5) is 11.1. The number of hydrogen-bond donors (Lipinski definition) is 2. The molecule has 0 saturated carbocycles. The lowest BCUT2D eigenvalue weighted by Gasteiger charge is -2.12. The molecule has 6 heteroatoms. The maximum Gasteiger partial charge on any atom is 0.337 e. The number of benzene rings is 2. The van der Waals surface area contributed by atoms with Crippen molar-refractivity contribution in [2.45, 2.75) is 0 Å².